The van der Waals surface area contributed by atoms with Crippen LogP contribution in [0.3, 0.4) is 0 Å². The molecule has 0 spiro atoms. The van der Waals surface area contributed by atoms with Crippen LogP contribution >= 0.6 is 23.2 Å². The van der Waals surface area contributed by atoms with E-state index in [1.54, 1.807) is 24.3 Å². The molecule has 76 valence electrons. The summed E-state index contributed by atoms with van der Waals surface area (Å²) in [4.78, 5) is 10.8. The van der Waals surface area contributed by atoms with E-state index >= 15 is 0 Å². The Bertz CT molecular complexity index is 486. The van der Waals surface area contributed by atoms with E-state index in [0.717, 1.165) is 5.56 Å². The molecule has 0 aliphatic heterocycles. The normalized spacial score (nSPS) is 10.3. The number of carbonyl (C=O) groups is 1. The topological polar surface area (TPSA) is 30.2 Å². The van der Waals surface area contributed by atoms with Gasteiger partial charge in [0.05, 0.1) is 0 Å². The van der Waals surface area contributed by atoms with E-state index in [4.69, 9.17) is 27.6 Å². The molecule has 0 unspecified atom stereocenters. The third kappa shape index (κ3) is 2.22. The zero-order valence-corrected chi connectivity index (χ0v) is 9.05. The molecule has 2 nitrogen and oxygen atoms in total. The van der Waals surface area contributed by atoms with Gasteiger partial charge in [-0.05, 0) is 48.0 Å². The van der Waals surface area contributed by atoms with Gasteiger partial charge in [-0.1, -0.05) is 11.6 Å². The Labute approximate surface area is 96.4 Å². The predicted molar refractivity (Wildman–Crippen MR) is 59.3 cm³/mol. The highest BCUT2D eigenvalue weighted by Gasteiger charge is 2.09. The molecule has 0 N–H and O–H groups in total. The summed E-state index contributed by atoms with van der Waals surface area (Å²) in [7, 11) is 0. The lowest BCUT2D eigenvalue weighted by molar-refractivity contribution is 0.105. The van der Waals surface area contributed by atoms with Gasteiger partial charge in [0, 0.05) is 10.6 Å². The number of rotatable bonds is 2. The lowest BCUT2D eigenvalue weighted by atomic mass is 10.2. The van der Waals surface area contributed by atoms with E-state index in [9.17, 15) is 4.79 Å². The van der Waals surface area contributed by atoms with Gasteiger partial charge in [-0.15, -0.1) is 0 Å². The van der Waals surface area contributed by atoms with Crippen LogP contribution in [0.15, 0.2) is 40.8 Å². The monoisotopic (exact) mass is 240 g/mol. The maximum atomic E-state index is 10.8. The molecule has 0 amide bonds. The number of carbonyl (C=O) groups excluding carboxylic acids is 1. The van der Waals surface area contributed by atoms with Crippen molar-refractivity contribution >= 4 is 28.4 Å². The van der Waals surface area contributed by atoms with Crippen LogP contribution in [-0.4, -0.2) is 5.24 Å². The van der Waals surface area contributed by atoms with Crippen molar-refractivity contribution in [3.8, 4) is 11.3 Å². The molecule has 0 saturated heterocycles. The summed E-state index contributed by atoms with van der Waals surface area (Å²) in [5, 5.41) is 0.0502. The summed E-state index contributed by atoms with van der Waals surface area (Å²) in [6.07, 6.45) is 0. The highest BCUT2D eigenvalue weighted by atomic mass is 35.5. The van der Waals surface area contributed by atoms with Crippen molar-refractivity contribution in [1.82, 2.24) is 0 Å². The van der Waals surface area contributed by atoms with Gasteiger partial charge in [-0.2, -0.15) is 0 Å². The molecule has 15 heavy (non-hydrogen) atoms. The lowest BCUT2D eigenvalue weighted by Gasteiger charge is -1.96. The quantitative estimate of drug-likeness (QED) is 0.744. The Hall–Kier alpha value is -1.25. The minimum atomic E-state index is -0.602. The summed E-state index contributed by atoms with van der Waals surface area (Å²) < 4.78 is 5.25. The average Bonchev–Trinajstić information content (AvgIpc) is 2.68. The molecule has 0 saturated carbocycles. The van der Waals surface area contributed by atoms with Crippen molar-refractivity contribution in [2.24, 2.45) is 0 Å². The van der Waals surface area contributed by atoms with Crippen LogP contribution in [0.25, 0.3) is 11.3 Å². The molecule has 4 heteroatoms. The van der Waals surface area contributed by atoms with Gasteiger partial charge in [0.25, 0.3) is 5.24 Å². The molecule has 0 fully saturated rings. The molecule has 0 aliphatic carbocycles. The fourth-order valence-electron chi connectivity index (χ4n) is 1.21. The molecule has 0 bridgehead atoms. The third-order valence-corrected chi connectivity index (χ3v) is 2.37. The molecular formula is C11H6Cl2O2. The molecule has 1 aromatic carbocycles. The fourth-order valence-corrected chi connectivity index (χ4v) is 1.44. The Balaban J connectivity index is 2.37. The van der Waals surface area contributed by atoms with Gasteiger partial charge in [0.1, 0.15) is 5.76 Å². The second kappa shape index (κ2) is 4.09. The first kappa shape index (κ1) is 10.3. The largest absolute Gasteiger partial charge is 0.452 e. The Morgan fingerprint density at radius 2 is 1.73 bits per heavy atom. The van der Waals surface area contributed by atoms with Crippen molar-refractivity contribution < 1.29 is 9.21 Å². The molecule has 2 aromatic rings. The second-order valence-electron chi connectivity index (χ2n) is 2.94. The molecule has 1 heterocycles. The van der Waals surface area contributed by atoms with Gasteiger partial charge in [-0.25, -0.2) is 0 Å². The van der Waals surface area contributed by atoms with Gasteiger partial charge < -0.3 is 4.42 Å². The van der Waals surface area contributed by atoms with Crippen LogP contribution in [0.1, 0.15) is 10.6 Å². The summed E-state index contributed by atoms with van der Waals surface area (Å²) >= 11 is 11.0. The Morgan fingerprint density at radius 3 is 2.27 bits per heavy atom. The maximum absolute atomic E-state index is 10.8. The van der Waals surface area contributed by atoms with E-state index in [1.807, 2.05) is 12.1 Å². The van der Waals surface area contributed by atoms with Crippen molar-refractivity contribution in [2.45, 2.75) is 0 Å². The third-order valence-electron chi connectivity index (χ3n) is 1.93. The number of halogens is 2. The number of benzene rings is 1. The molecule has 0 atom stereocenters. The summed E-state index contributed by atoms with van der Waals surface area (Å²) in [5.74, 6) is 0.734. The van der Waals surface area contributed by atoms with Crippen molar-refractivity contribution in [1.29, 1.82) is 0 Å². The standard InChI is InChI=1S/C11H6Cl2O2/c12-8-3-1-7(2-4-8)9-5-6-10(15-9)11(13)14/h1-6H. The average molecular weight is 241 g/mol. The predicted octanol–water partition coefficient (Wildman–Crippen LogP) is 3.98. The molecule has 0 radical (unpaired) electrons. The first-order valence-electron chi connectivity index (χ1n) is 4.22. The van der Waals surface area contributed by atoms with Crippen LogP contribution in [0.2, 0.25) is 5.02 Å². The zero-order chi connectivity index (χ0) is 10.8. The highest BCUT2D eigenvalue weighted by Crippen LogP contribution is 2.24. The van der Waals surface area contributed by atoms with E-state index in [-0.39, 0.29) is 5.76 Å². The lowest BCUT2D eigenvalue weighted by Crippen LogP contribution is -1.81. The van der Waals surface area contributed by atoms with Gasteiger partial charge in [-0.3, -0.25) is 4.79 Å². The smallest absolute Gasteiger partial charge is 0.287 e. The molecule has 1 aromatic heterocycles. The number of hydrogen-bond donors (Lipinski definition) is 0. The Kier molecular flexibility index (Phi) is 2.80. The number of furan rings is 1. The van der Waals surface area contributed by atoms with Crippen molar-refractivity contribution in [2.75, 3.05) is 0 Å². The SMILES string of the molecule is O=C(Cl)c1ccc(-c2ccc(Cl)cc2)o1. The number of hydrogen-bond acceptors (Lipinski definition) is 2. The summed E-state index contributed by atoms with van der Waals surface area (Å²) in [6, 6.07) is 10.4. The van der Waals surface area contributed by atoms with E-state index < -0.39 is 5.24 Å². The van der Waals surface area contributed by atoms with Crippen LogP contribution < -0.4 is 0 Å². The Morgan fingerprint density at radius 1 is 1.07 bits per heavy atom. The van der Waals surface area contributed by atoms with Crippen LogP contribution in [-0.2, 0) is 0 Å². The van der Waals surface area contributed by atoms with Crippen LogP contribution in [0.4, 0.5) is 0 Å². The second-order valence-corrected chi connectivity index (χ2v) is 3.72. The highest BCUT2D eigenvalue weighted by molar-refractivity contribution is 6.67. The summed E-state index contributed by atoms with van der Waals surface area (Å²) in [5.41, 5.74) is 0.851. The maximum Gasteiger partial charge on any atom is 0.287 e. The van der Waals surface area contributed by atoms with Gasteiger partial charge in [0.2, 0.25) is 0 Å². The zero-order valence-electron chi connectivity index (χ0n) is 7.54. The molecule has 0 aliphatic rings. The van der Waals surface area contributed by atoms with Crippen LogP contribution in [0, 0.1) is 0 Å². The van der Waals surface area contributed by atoms with Crippen molar-refractivity contribution in [3.05, 3.63) is 47.2 Å². The minimum absolute atomic E-state index is 0.140. The van der Waals surface area contributed by atoms with E-state index in [2.05, 4.69) is 0 Å². The van der Waals surface area contributed by atoms with Gasteiger partial charge >= 0.3 is 0 Å². The fraction of sp³-hybridized carbons (Fsp3) is 0. The van der Waals surface area contributed by atoms with Crippen molar-refractivity contribution in [3.63, 3.8) is 0 Å². The van der Waals surface area contributed by atoms with Crippen LogP contribution in [0.5, 0.6) is 0 Å². The first-order valence-corrected chi connectivity index (χ1v) is 4.98. The van der Waals surface area contributed by atoms with E-state index in [1.165, 1.54) is 0 Å². The molecule has 2 rings (SSSR count). The van der Waals surface area contributed by atoms with Gasteiger partial charge in [0.15, 0.2) is 5.76 Å². The van der Waals surface area contributed by atoms with E-state index in [0.29, 0.717) is 10.8 Å². The first-order chi connectivity index (χ1) is 7.16. The summed E-state index contributed by atoms with van der Waals surface area (Å²) in [6.45, 7) is 0. The molecular weight excluding hydrogens is 235 g/mol. The minimum Gasteiger partial charge on any atom is -0.452 e.